The fraction of sp³-hybridized carbons (Fsp3) is 0.615. The highest BCUT2D eigenvalue weighted by Crippen LogP contribution is 2.15. The summed E-state index contributed by atoms with van der Waals surface area (Å²) in [6, 6.07) is 4.30. The van der Waals surface area contributed by atoms with Crippen LogP contribution in [-0.4, -0.2) is 36.5 Å². The Bertz CT molecular complexity index is 362. The summed E-state index contributed by atoms with van der Waals surface area (Å²) in [4.78, 5) is 15.0. The monoisotopic (exact) mass is 252 g/mol. The Kier molecular flexibility index (Phi) is 4.18. The Morgan fingerprint density at radius 3 is 3.12 bits per heavy atom. The van der Waals surface area contributed by atoms with Gasteiger partial charge in [-0.3, -0.25) is 4.79 Å². The Hall–Kier alpha value is -0.870. The molecule has 1 amide bonds. The van der Waals surface area contributed by atoms with Crippen LogP contribution in [0.2, 0.25) is 0 Å². The van der Waals surface area contributed by atoms with Gasteiger partial charge in [-0.25, -0.2) is 0 Å². The lowest BCUT2D eigenvalue weighted by atomic mass is 10.0. The molecule has 1 saturated heterocycles. The van der Waals surface area contributed by atoms with E-state index in [9.17, 15) is 4.79 Å². The second-order valence-electron chi connectivity index (χ2n) is 5.01. The maximum atomic E-state index is 12.2. The first-order valence-corrected chi connectivity index (χ1v) is 7.11. The quantitative estimate of drug-likeness (QED) is 0.894. The van der Waals surface area contributed by atoms with Crippen molar-refractivity contribution in [3.63, 3.8) is 0 Å². The van der Waals surface area contributed by atoms with Gasteiger partial charge in [-0.1, -0.05) is 19.9 Å². The van der Waals surface area contributed by atoms with Crippen molar-refractivity contribution in [3.05, 3.63) is 22.4 Å². The molecule has 3 nitrogen and oxygen atoms in total. The zero-order valence-electron chi connectivity index (χ0n) is 10.5. The van der Waals surface area contributed by atoms with E-state index < -0.39 is 0 Å². The molecule has 1 aliphatic heterocycles. The summed E-state index contributed by atoms with van der Waals surface area (Å²) in [5.74, 6) is 0.861. The van der Waals surface area contributed by atoms with Gasteiger partial charge in [0, 0.05) is 25.7 Å². The number of nitrogens with one attached hydrogen (secondary N) is 1. The maximum absolute atomic E-state index is 12.2. The van der Waals surface area contributed by atoms with E-state index in [0.29, 0.717) is 12.0 Å². The number of nitrogens with zero attached hydrogens (tertiary/aromatic N) is 1. The van der Waals surface area contributed by atoms with Crippen LogP contribution in [0.4, 0.5) is 0 Å². The molecule has 0 bridgehead atoms. The Labute approximate surface area is 107 Å². The van der Waals surface area contributed by atoms with Gasteiger partial charge in [0.15, 0.2) is 0 Å². The molecule has 0 aromatic carbocycles. The molecular formula is C13H20N2OS. The van der Waals surface area contributed by atoms with Gasteiger partial charge in [0.1, 0.15) is 0 Å². The van der Waals surface area contributed by atoms with Crippen molar-refractivity contribution in [2.45, 2.75) is 26.3 Å². The van der Waals surface area contributed by atoms with Crippen molar-refractivity contribution in [3.8, 4) is 0 Å². The lowest BCUT2D eigenvalue weighted by Gasteiger charge is -2.34. The number of hydrogen-bond donors (Lipinski definition) is 1. The topological polar surface area (TPSA) is 32.3 Å². The van der Waals surface area contributed by atoms with Crippen molar-refractivity contribution in [1.82, 2.24) is 10.2 Å². The molecule has 1 N–H and O–H groups in total. The number of carbonyl (C=O) groups excluding carboxylic acids is 1. The Balaban J connectivity index is 1.95. The predicted molar refractivity (Wildman–Crippen MR) is 71.5 cm³/mol. The number of carbonyl (C=O) groups is 1. The molecule has 0 aliphatic carbocycles. The van der Waals surface area contributed by atoms with Crippen LogP contribution in [0.25, 0.3) is 0 Å². The van der Waals surface area contributed by atoms with Gasteiger partial charge in [0.25, 0.3) is 5.91 Å². The van der Waals surface area contributed by atoms with Gasteiger partial charge >= 0.3 is 0 Å². The van der Waals surface area contributed by atoms with Gasteiger partial charge in [-0.05, 0) is 23.8 Å². The highest BCUT2D eigenvalue weighted by Gasteiger charge is 2.24. The van der Waals surface area contributed by atoms with E-state index in [4.69, 9.17) is 0 Å². The first-order chi connectivity index (χ1) is 8.16. The minimum Gasteiger partial charge on any atom is -0.335 e. The molecular weight excluding hydrogens is 232 g/mol. The van der Waals surface area contributed by atoms with Crippen molar-refractivity contribution in [2.24, 2.45) is 5.92 Å². The number of amides is 1. The summed E-state index contributed by atoms with van der Waals surface area (Å²) in [6.07, 6.45) is 1.13. The second-order valence-corrected chi connectivity index (χ2v) is 5.96. The zero-order valence-corrected chi connectivity index (χ0v) is 11.3. The highest BCUT2D eigenvalue weighted by molar-refractivity contribution is 7.12. The van der Waals surface area contributed by atoms with Crippen molar-refractivity contribution < 1.29 is 4.79 Å². The van der Waals surface area contributed by atoms with E-state index in [0.717, 1.165) is 30.9 Å². The molecule has 2 rings (SSSR count). The summed E-state index contributed by atoms with van der Waals surface area (Å²) < 4.78 is 0. The first kappa shape index (κ1) is 12.6. The van der Waals surface area contributed by atoms with Crippen molar-refractivity contribution >= 4 is 17.2 Å². The smallest absolute Gasteiger partial charge is 0.264 e. The van der Waals surface area contributed by atoms with Crippen molar-refractivity contribution in [1.29, 1.82) is 0 Å². The predicted octanol–water partition coefficient (Wildman–Crippen LogP) is 2.21. The number of thiophene rings is 1. The van der Waals surface area contributed by atoms with Crippen molar-refractivity contribution in [2.75, 3.05) is 19.6 Å². The Morgan fingerprint density at radius 1 is 1.65 bits per heavy atom. The molecule has 1 aliphatic rings. The zero-order chi connectivity index (χ0) is 12.3. The molecule has 2 heterocycles. The summed E-state index contributed by atoms with van der Waals surface area (Å²) in [5, 5.41) is 5.45. The molecule has 0 radical (unpaired) electrons. The first-order valence-electron chi connectivity index (χ1n) is 6.23. The van der Waals surface area contributed by atoms with Crippen LogP contribution in [0, 0.1) is 5.92 Å². The molecule has 4 heteroatoms. The van der Waals surface area contributed by atoms with Gasteiger partial charge in [-0.2, -0.15) is 0 Å². The standard InChI is InChI=1S/C13H20N2OS/c1-10(2)8-11-9-15(6-5-14-11)13(16)12-4-3-7-17-12/h3-4,7,10-11,14H,5-6,8-9H2,1-2H3. The molecule has 94 valence electrons. The van der Waals surface area contributed by atoms with Crippen LogP contribution in [0.1, 0.15) is 29.9 Å². The van der Waals surface area contributed by atoms with Gasteiger partial charge < -0.3 is 10.2 Å². The Morgan fingerprint density at radius 2 is 2.47 bits per heavy atom. The third-order valence-electron chi connectivity index (χ3n) is 3.03. The average molecular weight is 252 g/mol. The van der Waals surface area contributed by atoms with Gasteiger partial charge in [0.2, 0.25) is 0 Å². The fourth-order valence-corrected chi connectivity index (χ4v) is 2.98. The summed E-state index contributed by atoms with van der Waals surface area (Å²) >= 11 is 1.53. The van der Waals surface area contributed by atoms with Crippen LogP contribution < -0.4 is 5.32 Å². The van der Waals surface area contributed by atoms with E-state index in [-0.39, 0.29) is 5.91 Å². The minimum atomic E-state index is 0.190. The number of hydrogen-bond acceptors (Lipinski definition) is 3. The molecule has 0 spiro atoms. The SMILES string of the molecule is CC(C)CC1CN(C(=O)c2cccs2)CCN1. The largest absolute Gasteiger partial charge is 0.335 e. The molecule has 1 aromatic rings. The van der Waals surface area contributed by atoms with Gasteiger partial charge in [0.05, 0.1) is 4.88 Å². The third kappa shape index (κ3) is 3.30. The number of piperazine rings is 1. The molecule has 1 atom stereocenters. The molecule has 17 heavy (non-hydrogen) atoms. The maximum Gasteiger partial charge on any atom is 0.264 e. The number of rotatable bonds is 3. The molecule has 1 unspecified atom stereocenters. The lowest BCUT2D eigenvalue weighted by molar-refractivity contribution is 0.0699. The van der Waals surface area contributed by atoms with E-state index >= 15 is 0 Å². The molecule has 0 saturated carbocycles. The molecule has 1 aromatic heterocycles. The lowest BCUT2D eigenvalue weighted by Crippen LogP contribution is -2.52. The van der Waals surface area contributed by atoms with E-state index in [1.54, 1.807) is 0 Å². The summed E-state index contributed by atoms with van der Waals surface area (Å²) in [7, 11) is 0. The fourth-order valence-electron chi connectivity index (χ4n) is 2.29. The highest BCUT2D eigenvalue weighted by atomic mass is 32.1. The summed E-state index contributed by atoms with van der Waals surface area (Å²) in [5.41, 5.74) is 0. The van der Waals surface area contributed by atoms with E-state index in [2.05, 4.69) is 19.2 Å². The summed E-state index contributed by atoms with van der Waals surface area (Å²) in [6.45, 7) is 7.03. The van der Waals surface area contributed by atoms with E-state index in [1.165, 1.54) is 11.3 Å². The van der Waals surface area contributed by atoms with Crippen LogP contribution >= 0.6 is 11.3 Å². The van der Waals surface area contributed by atoms with E-state index in [1.807, 2.05) is 22.4 Å². The third-order valence-corrected chi connectivity index (χ3v) is 3.89. The van der Waals surface area contributed by atoms with Crippen LogP contribution in [0.3, 0.4) is 0 Å². The second kappa shape index (κ2) is 5.65. The van der Waals surface area contributed by atoms with Gasteiger partial charge in [-0.15, -0.1) is 11.3 Å². The normalized spacial score (nSPS) is 20.9. The van der Waals surface area contributed by atoms with Crippen LogP contribution in [-0.2, 0) is 0 Å². The average Bonchev–Trinajstić information content (AvgIpc) is 2.81. The minimum absolute atomic E-state index is 0.190. The molecule has 1 fully saturated rings. The van der Waals surface area contributed by atoms with Crippen LogP contribution in [0.15, 0.2) is 17.5 Å². The van der Waals surface area contributed by atoms with Crippen LogP contribution in [0.5, 0.6) is 0 Å².